The molecule has 0 aliphatic rings. The first-order valence-electron chi connectivity index (χ1n) is 7.02. The van der Waals surface area contributed by atoms with E-state index in [1.165, 1.54) is 24.3 Å². The Morgan fingerprint density at radius 3 is 2.62 bits per heavy atom. The van der Waals surface area contributed by atoms with Gasteiger partial charge in [-0.15, -0.1) is 0 Å². The average Bonchev–Trinajstić information content (AvgIpc) is 2.58. The van der Waals surface area contributed by atoms with Crippen LogP contribution in [0.5, 0.6) is 5.75 Å². The molecular weight excluding hydrogens is 378 g/mol. The van der Waals surface area contributed by atoms with Crippen molar-refractivity contribution < 1.29 is 19.2 Å². The number of nitro groups is 1. The van der Waals surface area contributed by atoms with Gasteiger partial charge in [0.1, 0.15) is 19.0 Å². The molecular formula is C17H14BrNO5. The first-order chi connectivity index (χ1) is 11.5. The summed E-state index contributed by atoms with van der Waals surface area (Å²) in [4.78, 5) is 21.8. The van der Waals surface area contributed by atoms with E-state index in [0.717, 1.165) is 4.47 Å². The summed E-state index contributed by atoms with van der Waals surface area (Å²) in [6.07, 6.45) is 2.68. The van der Waals surface area contributed by atoms with Gasteiger partial charge in [0, 0.05) is 22.7 Å². The number of esters is 1. The highest BCUT2D eigenvalue weighted by atomic mass is 79.9. The number of nitro benzene ring substituents is 1. The normalized spacial score (nSPS) is 10.5. The van der Waals surface area contributed by atoms with Gasteiger partial charge in [-0.3, -0.25) is 10.1 Å². The van der Waals surface area contributed by atoms with E-state index in [-0.39, 0.29) is 18.9 Å². The molecule has 6 nitrogen and oxygen atoms in total. The lowest BCUT2D eigenvalue weighted by atomic mass is 10.2. The van der Waals surface area contributed by atoms with Crippen molar-refractivity contribution in [2.45, 2.75) is 0 Å². The zero-order valence-electron chi connectivity index (χ0n) is 12.6. The predicted octanol–water partition coefficient (Wildman–Crippen LogP) is 3.99. The lowest BCUT2D eigenvalue weighted by Gasteiger charge is -2.06. The van der Waals surface area contributed by atoms with Crippen LogP contribution in [0.4, 0.5) is 5.69 Å². The number of rotatable bonds is 7. The third-order valence-electron chi connectivity index (χ3n) is 2.90. The fourth-order valence-corrected chi connectivity index (χ4v) is 2.05. The van der Waals surface area contributed by atoms with Gasteiger partial charge < -0.3 is 9.47 Å². The summed E-state index contributed by atoms with van der Waals surface area (Å²) in [6, 6.07) is 13.3. The summed E-state index contributed by atoms with van der Waals surface area (Å²) in [5.41, 5.74) is 0.515. The Labute approximate surface area is 147 Å². The summed E-state index contributed by atoms with van der Waals surface area (Å²) in [6.45, 7) is 0.339. The Bertz CT molecular complexity index is 743. The summed E-state index contributed by atoms with van der Waals surface area (Å²) < 4.78 is 11.4. The maximum atomic E-state index is 11.6. The van der Waals surface area contributed by atoms with Crippen molar-refractivity contribution in [3.05, 3.63) is 74.8 Å². The van der Waals surface area contributed by atoms with Gasteiger partial charge in [0.2, 0.25) is 0 Å². The molecule has 0 aliphatic heterocycles. The van der Waals surface area contributed by atoms with Crippen LogP contribution in [0.2, 0.25) is 0 Å². The highest BCUT2D eigenvalue weighted by Gasteiger charge is 2.04. The number of hydrogen-bond acceptors (Lipinski definition) is 5. The third kappa shape index (κ3) is 5.85. The fourth-order valence-electron chi connectivity index (χ4n) is 1.79. The Morgan fingerprint density at radius 2 is 1.92 bits per heavy atom. The minimum absolute atomic E-state index is 0.0339. The molecule has 0 unspecified atom stereocenters. The maximum absolute atomic E-state index is 11.6. The number of ether oxygens (including phenoxy) is 2. The molecule has 0 bridgehead atoms. The lowest BCUT2D eigenvalue weighted by molar-refractivity contribution is -0.384. The smallest absolute Gasteiger partial charge is 0.330 e. The number of nitrogens with zero attached hydrogens (tertiary/aromatic N) is 1. The summed E-state index contributed by atoms with van der Waals surface area (Å²) >= 11 is 3.33. The SMILES string of the molecule is O=C(C=Cc1cccc([N+](=O)[O-])c1)OCCOc1ccc(Br)cc1. The van der Waals surface area contributed by atoms with E-state index in [9.17, 15) is 14.9 Å². The van der Waals surface area contributed by atoms with Crippen LogP contribution in [0.3, 0.4) is 0 Å². The molecule has 0 fully saturated rings. The molecule has 0 saturated carbocycles. The summed E-state index contributed by atoms with van der Waals surface area (Å²) in [7, 11) is 0. The highest BCUT2D eigenvalue weighted by molar-refractivity contribution is 9.10. The minimum Gasteiger partial charge on any atom is -0.490 e. The van der Waals surface area contributed by atoms with Crippen molar-refractivity contribution in [1.82, 2.24) is 0 Å². The van der Waals surface area contributed by atoms with E-state index in [1.807, 2.05) is 12.1 Å². The number of halogens is 1. The molecule has 0 aromatic heterocycles. The summed E-state index contributed by atoms with van der Waals surface area (Å²) in [5, 5.41) is 10.7. The molecule has 0 aliphatic carbocycles. The molecule has 0 atom stereocenters. The van der Waals surface area contributed by atoms with E-state index >= 15 is 0 Å². The first-order valence-corrected chi connectivity index (χ1v) is 7.81. The third-order valence-corrected chi connectivity index (χ3v) is 3.43. The van der Waals surface area contributed by atoms with Gasteiger partial charge in [-0.25, -0.2) is 4.79 Å². The number of carbonyl (C=O) groups is 1. The van der Waals surface area contributed by atoms with Crippen molar-refractivity contribution in [1.29, 1.82) is 0 Å². The lowest BCUT2D eigenvalue weighted by Crippen LogP contribution is -2.10. The average molecular weight is 392 g/mol. The van der Waals surface area contributed by atoms with Crippen molar-refractivity contribution in [3.63, 3.8) is 0 Å². The maximum Gasteiger partial charge on any atom is 0.330 e. The molecule has 0 saturated heterocycles. The number of non-ortho nitro benzene ring substituents is 1. The van der Waals surface area contributed by atoms with Crippen molar-refractivity contribution in [3.8, 4) is 5.75 Å². The van der Waals surface area contributed by atoms with Gasteiger partial charge in [-0.2, -0.15) is 0 Å². The topological polar surface area (TPSA) is 78.7 Å². The Hall–Kier alpha value is -2.67. The standard InChI is InChI=1S/C17H14BrNO5/c18-14-5-7-16(8-6-14)23-10-11-24-17(20)9-4-13-2-1-3-15(12-13)19(21)22/h1-9,12H,10-11H2. The van der Waals surface area contributed by atoms with Gasteiger partial charge in [-0.1, -0.05) is 28.1 Å². The minimum atomic E-state index is -0.541. The van der Waals surface area contributed by atoms with Crippen molar-refractivity contribution in [2.75, 3.05) is 13.2 Å². The zero-order chi connectivity index (χ0) is 17.4. The fraction of sp³-hybridized carbons (Fsp3) is 0.118. The van der Waals surface area contributed by atoms with Crippen LogP contribution in [0.1, 0.15) is 5.56 Å². The second-order valence-electron chi connectivity index (χ2n) is 4.66. The van der Waals surface area contributed by atoms with Gasteiger partial charge in [0.05, 0.1) is 4.92 Å². The van der Waals surface area contributed by atoms with Gasteiger partial charge in [0.15, 0.2) is 0 Å². The molecule has 0 N–H and O–H groups in total. The van der Waals surface area contributed by atoms with Crippen molar-refractivity contribution >= 4 is 33.7 Å². The molecule has 2 aromatic carbocycles. The van der Waals surface area contributed by atoms with Crippen LogP contribution < -0.4 is 4.74 Å². The Kier molecular flexibility index (Phi) is 6.51. The van der Waals surface area contributed by atoms with Crippen LogP contribution in [0, 0.1) is 10.1 Å². The predicted molar refractivity (Wildman–Crippen MR) is 92.7 cm³/mol. The quantitative estimate of drug-likeness (QED) is 0.234. The van der Waals surface area contributed by atoms with E-state index in [2.05, 4.69) is 15.9 Å². The van der Waals surface area contributed by atoms with E-state index in [0.29, 0.717) is 11.3 Å². The second kappa shape index (κ2) is 8.83. The molecule has 7 heteroatoms. The van der Waals surface area contributed by atoms with Crippen molar-refractivity contribution in [2.24, 2.45) is 0 Å². The molecule has 0 heterocycles. The van der Waals surface area contributed by atoms with Crippen LogP contribution in [0.15, 0.2) is 59.1 Å². The van der Waals surface area contributed by atoms with Gasteiger partial charge >= 0.3 is 5.97 Å². The number of hydrogen-bond donors (Lipinski definition) is 0. The Balaban J connectivity index is 1.75. The molecule has 0 spiro atoms. The van der Waals surface area contributed by atoms with E-state index < -0.39 is 10.9 Å². The van der Waals surface area contributed by atoms with E-state index in [4.69, 9.17) is 9.47 Å². The monoisotopic (exact) mass is 391 g/mol. The van der Waals surface area contributed by atoms with Crippen LogP contribution >= 0.6 is 15.9 Å². The van der Waals surface area contributed by atoms with Crippen LogP contribution in [0.25, 0.3) is 6.08 Å². The van der Waals surface area contributed by atoms with Gasteiger partial charge in [0.25, 0.3) is 5.69 Å². The first kappa shape index (κ1) is 17.7. The van der Waals surface area contributed by atoms with Crippen LogP contribution in [-0.2, 0) is 9.53 Å². The van der Waals surface area contributed by atoms with Crippen LogP contribution in [-0.4, -0.2) is 24.1 Å². The highest BCUT2D eigenvalue weighted by Crippen LogP contribution is 2.16. The number of carbonyl (C=O) groups excluding carboxylic acids is 1. The molecule has 124 valence electrons. The molecule has 0 radical (unpaired) electrons. The molecule has 2 aromatic rings. The molecule has 2 rings (SSSR count). The second-order valence-corrected chi connectivity index (χ2v) is 5.57. The molecule has 24 heavy (non-hydrogen) atoms. The van der Waals surface area contributed by atoms with E-state index in [1.54, 1.807) is 24.3 Å². The zero-order valence-corrected chi connectivity index (χ0v) is 14.1. The van der Waals surface area contributed by atoms with Gasteiger partial charge in [-0.05, 0) is 35.9 Å². The Morgan fingerprint density at radius 1 is 1.17 bits per heavy atom. The largest absolute Gasteiger partial charge is 0.490 e. The summed E-state index contributed by atoms with van der Waals surface area (Å²) in [5.74, 6) is 0.141. The number of benzene rings is 2. The molecule has 0 amide bonds.